The number of H-pyrrole nitrogens is 1. The second kappa shape index (κ2) is 40.0. The largest absolute Gasteiger partial charge is 0.494 e. The van der Waals surface area contributed by atoms with E-state index >= 15 is 0 Å². The first-order valence-electron chi connectivity index (χ1n) is 44.5. The third-order valence-corrected chi connectivity index (χ3v) is 28.0. The molecule has 6 heterocycles. The first-order chi connectivity index (χ1) is 67.3. The molecule has 0 radical (unpaired) electrons. The fraction of sp³-hybridized carbons (Fsp3) is 0.0522. The van der Waals surface area contributed by atoms with Gasteiger partial charge in [-0.3, -0.25) is 18.4 Å². The zero-order valence-corrected chi connectivity index (χ0v) is 81.8. The predicted octanol–water partition coefficient (Wildman–Crippen LogP) is 30.8. The van der Waals surface area contributed by atoms with Crippen LogP contribution in [-0.4, -0.2) is 76.8 Å². The van der Waals surface area contributed by atoms with Crippen molar-refractivity contribution >= 4 is 288 Å². The average molecular weight is 2020 g/mol. The van der Waals surface area contributed by atoms with Crippen LogP contribution in [0.3, 0.4) is 0 Å². The van der Waals surface area contributed by atoms with Gasteiger partial charge in [0, 0.05) is 94.5 Å². The zero-order chi connectivity index (χ0) is 96.7. The van der Waals surface area contributed by atoms with Gasteiger partial charge in [-0.15, -0.1) is 0 Å². The second-order valence-electron chi connectivity index (χ2n) is 34.4. The van der Waals surface area contributed by atoms with Gasteiger partial charge < -0.3 is 35.8 Å². The lowest BCUT2D eigenvalue weighted by molar-refractivity contribution is 0.00578. The molecule has 0 unspecified atom stereocenters. The summed E-state index contributed by atoms with van der Waals surface area (Å²) in [7, 11) is -1.97. The number of aromatic nitrogens is 6. The van der Waals surface area contributed by atoms with Crippen molar-refractivity contribution in [2.45, 2.75) is 38.9 Å². The number of carbonyl (C=O) groups is 2. The summed E-state index contributed by atoms with van der Waals surface area (Å²) in [6.45, 7) is 8.38. The topological polar surface area (TPSA) is 208 Å². The molecule has 19 aromatic carbocycles. The minimum atomic E-state index is -1.57. The van der Waals surface area contributed by atoms with E-state index in [0.717, 1.165) is 160 Å². The van der Waals surface area contributed by atoms with E-state index in [1.54, 1.807) is 42.5 Å². The van der Waals surface area contributed by atoms with Crippen LogP contribution in [0.5, 0.6) is 0 Å². The number of fused-ring (bicyclic) bond motifs is 24. The molecule has 0 saturated carbocycles. The number of benzene rings is 19. The van der Waals surface area contributed by atoms with Crippen molar-refractivity contribution in [2.24, 2.45) is 0 Å². The van der Waals surface area contributed by atoms with Crippen molar-refractivity contribution in [3.63, 3.8) is 0 Å². The summed E-state index contributed by atoms with van der Waals surface area (Å²) in [5, 5.41) is 39.6. The number of nitrogens with zero attached hydrogens (tertiary/aromatic N) is 5. The van der Waals surface area contributed by atoms with Crippen molar-refractivity contribution in [3.05, 3.63) is 421 Å². The number of nitrogens with one attached hydrogen (secondary N) is 1. The Bertz CT molecular complexity index is 8900. The van der Waals surface area contributed by atoms with Gasteiger partial charge in [0.15, 0.2) is 12.6 Å². The third-order valence-electron chi connectivity index (χ3n) is 25.3. The maximum absolute atomic E-state index is 11.5. The maximum atomic E-state index is 11.5. The van der Waals surface area contributed by atoms with Crippen molar-refractivity contribution in [1.29, 1.82) is 0 Å². The SMILES string of the molecule is CC1(C)OB(c2ccc3c(c2)c2ccc4ccccc4c2c2nc4ccccc4n32)OC1(C)C.Clc1ccc(Cl)c(-c2ccc3ccccc3c2-c2nc3ccccc3[nH]2)c1.Clc1ccc2c(c1)c1ccc3ccccc3c1c1nc3ccccc3n21.Nc1ccccc1N.O=Cc1c(-c2cc(Cl)ccc2Cl)ccc2ccccc12.O=Cc1c(Br)ccc2ccccc12.OB(O)c1cc(Cl)ccc1Cl. The number of rotatable bonds is 7. The van der Waals surface area contributed by atoms with E-state index < -0.39 is 14.2 Å². The number of hydrogen-bond acceptors (Lipinski definition) is 11. The third kappa shape index (κ3) is 18.8. The molecule has 0 spiro atoms. The Morgan fingerprint density at radius 1 is 0.360 bits per heavy atom. The second-order valence-corrected chi connectivity index (χ2v) is 38.2. The number of halogens is 8. The fourth-order valence-corrected chi connectivity index (χ4v) is 19.6. The molecule has 0 bridgehead atoms. The number of nitrogen functional groups attached to an aromatic ring is 2. The minimum Gasteiger partial charge on any atom is -0.423 e. The van der Waals surface area contributed by atoms with Gasteiger partial charge in [0.25, 0.3) is 0 Å². The normalized spacial score (nSPS) is 12.5. The fourth-order valence-electron chi connectivity index (χ4n) is 17.9. The van der Waals surface area contributed by atoms with E-state index in [1.165, 1.54) is 60.6 Å². The Morgan fingerprint density at radius 3 is 1.27 bits per heavy atom. The summed E-state index contributed by atoms with van der Waals surface area (Å²) in [6.07, 6.45) is 1.75. The van der Waals surface area contributed by atoms with Crippen LogP contribution >= 0.6 is 97.1 Å². The number of para-hydroxylation sites is 8. The summed E-state index contributed by atoms with van der Waals surface area (Å²) in [6, 6.07) is 122. The van der Waals surface area contributed by atoms with Crippen molar-refractivity contribution < 1.29 is 28.9 Å². The molecule has 14 nitrogen and oxygen atoms in total. The smallest absolute Gasteiger partial charge is 0.423 e. The first kappa shape index (κ1) is 94.3. The van der Waals surface area contributed by atoms with Crippen LogP contribution in [0.1, 0.15) is 48.4 Å². The van der Waals surface area contributed by atoms with Crippen LogP contribution in [0.4, 0.5) is 11.4 Å². The van der Waals surface area contributed by atoms with Gasteiger partial charge in [-0.1, -0.05) is 334 Å². The van der Waals surface area contributed by atoms with E-state index in [0.29, 0.717) is 47.1 Å². The summed E-state index contributed by atoms with van der Waals surface area (Å²) >= 11 is 46.0. The van der Waals surface area contributed by atoms with Crippen LogP contribution in [-0.2, 0) is 9.31 Å². The van der Waals surface area contributed by atoms with E-state index in [1.807, 2.05) is 152 Å². The highest BCUT2D eigenvalue weighted by molar-refractivity contribution is 9.10. The molecule has 0 atom stereocenters. The molecular formula is C115H82B2BrCl7N8O6. The monoisotopic (exact) mass is 2020 g/mol. The molecular weight excluding hydrogens is 1940 g/mol. The summed E-state index contributed by atoms with van der Waals surface area (Å²) < 4.78 is 18.2. The van der Waals surface area contributed by atoms with Crippen molar-refractivity contribution in [1.82, 2.24) is 28.7 Å². The van der Waals surface area contributed by atoms with Gasteiger partial charge in [-0.25, -0.2) is 15.0 Å². The number of nitrogens with two attached hydrogens (primary N) is 2. The number of imidazole rings is 3. The molecule has 0 aliphatic carbocycles. The molecule has 1 fully saturated rings. The molecule has 25 rings (SSSR count). The van der Waals surface area contributed by atoms with Crippen molar-refractivity contribution in [2.75, 3.05) is 11.5 Å². The van der Waals surface area contributed by atoms with E-state index in [2.05, 4.69) is 221 Å². The predicted molar refractivity (Wildman–Crippen MR) is 589 cm³/mol. The van der Waals surface area contributed by atoms with Gasteiger partial charge in [0.2, 0.25) is 0 Å². The van der Waals surface area contributed by atoms with Gasteiger partial charge in [-0.2, -0.15) is 0 Å². The molecule has 7 N–H and O–H groups in total. The highest BCUT2D eigenvalue weighted by Gasteiger charge is 2.52. The lowest BCUT2D eigenvalue weighted by Gasteiger charge is -2.32. The summed E-state index contributed by atoms with van der Waals surface area (Å²) in [5.74, 6) is 0.819. The molecule has 1 saturated heterocycles. The Balaban J connectivity index is 0.000000108. The molecule has 5 aromatic heterocycles. The van der Waals surface area contributed by atoms with E-state index in [4.69, 9.17) is 127 Å². The Kier molecular flexibility index (Phi) is 27.2. The number of anilines is 2. The molecule has 680 valence electrons. The highest BCUT2D eigenvalue weighted by atomic mass is 79.9. The molecule has 24 aromatic rings. The standard InChI is InChI=1S/C29H25BN2O2.C23H14Cl2N2.C23H13ClN2.C17H10Cl2O.C11H7BrO.C6H5BCl2O2.C6H8N2/c1-28(2)29(3,4)34-30(33-28)19-14-16-24-22(17-19)21-15-13-18-9-5-6-10-20(18)26(21)27-31-23-11-7-8-12-25(23)32(24)27;24-15-10-12-19(25)18(13-15)17-11-9-14-5-1-2-6-16(14)22(17)23-26-20-7-3-4-8-21(20)27-23;24-15-10-12-20-18(13-15)17-11-9-14-5-1-2-6-16(14)22(17)23-25-19-7-3-4-8-21(19)26(20)23;18-12-6-8-17(19)15(9-12)14-7-5-11-3-1-2-4-13(11)16(14)10-20;12-11-6-5-8-3-1-2-4-9(8)10(11)7-13;8-4-1-2-6(9)5(3-4)7(10)11;7-5-3-1-2-4-6(5)8/h5-17H,1-4H3;1-13H,(H,26,27);1-13H;1-10H;1-7H;1-3,10-11H;1-4H,7-8H2. The van der Waals surface area contributed by atoms with Crippen LogP contribution in [0.2, 0.25) is 35.2 Å². The maximum Gasteiger partial charge on any atom is 0.494 e. The van der Waals surface area contributed by atoms with E-state index in [9.17, 15) is 9.59 Å². The molecule has 0 amide bonds. The quantitative estimate of drug-likeness (QED) is 0.0439. The molecule has 1 aliphatic rings. The van der Waals surface area contributed by atoms with Crippen LogP contribution in [0, 0.1) is 0 Å². The van der Waals surface area contributed by atoms with Crippen LogP contribution in [0.15, 0.2) is 375 Å². The lowest BCUT2D eigenvalue weighted by atomic mass is 9.78. The Morgan fingerprint density at radius 2 is 0.755 bits per heavy atom. The Hall–Kier alpha value is -13.7. The van der Waals surface area contributed by atoms with Gasteiger partial charge in [-0.05, 0) is 242 Å². The zero-order valence-electron chi connectivity index (χ0n) is 75.0. The summed E-state index contributed by atoms with van der Waals surface area (Å²) in [5.41, 5.74) is 28.8. The van der Waals surface area contributed by atoms with Gasteiger partial charge in [0.05, 0.1) is 66.7 Å². The number of pyridine rings is 2. The van der Waals surface area contributed by atoms with E-state index in [-0.39, 0.29) is 16.7 Å². The van der Waals surface area contributed by atoms with Gasteiger partial charge >= 0.3 is 14.2 Å². The van der Waals surface area contributed by atoms with Crippen LogP contribution in [0.25, 0.3) is 175 Å². The lowest BCUT2D eigenvalue weighted by Crippen LogP contribution is -2.41. The average Bonchev–Trinajstić information content (AvgIpc) is 1.59. The number of aromatic amines is 1. The highest BCUT2D eigenvalue weighted by Crippen LogP contribution is 2.45. The number of hydrogen-bond donors (Lipinski definition) is 5. The first-order valence-corrected chi connectivity index (χ1v) is 47.9. The minimum absolute atomic E-state index is 0.221. The molecule has 24 heteroatoms. The Labute approximate surface area is 843 Å². The van der Waals surface area contributed by atoms with Crippen LogP contribution < -0.4 is 22.4 Å². The number of aldehydes is 2. The van der Waals surface area contributed by atoms with Crippen molar-refractivity contribution in [3.8, 4) is 33.6 Å². The molecule has 139 heavy (non-hydrogen) atoms. The molecule has 1 aliphatic heterocycles. The van der Waals surface area contributed by atoms with Gasteiger partial charge in [0.1, 0.15) is 17.1 Å². The summed E-state index contributed by atoms with van der Waals surface area (Å²) in [4.78, 5) is 40.7. The number of carbonyl (C=O) groups excluding carboxylic acids is 2.